The van der Waals surface area contributed by atoms with E-state index in [0.717, 1.165) is 0 Å². The van der Waals surface area contributed by atoms with Gasteiger partial charge in [-0.1, -0.05) is 32.0 Å². The van der Waals surface area contributed by atoms with Gasteiger partial charge in [0.05, 0.1) is 18.8 Å². The standard InChI is InChI=1S/C24H34N3O9P/c1-14(2)34-21(30)16(4)26-37(32,36-17-10-8-7-9-11-17)33-13-18-19(28)24(5,6)22(35-18)27-12-15(3)20(29)25-23(27)31/h7-12,14,16,18-19,22,28H,13H2,1-6H3,(H,26,32)(H,25,29,31)/t16-,18-,19-,22-,37?/m1/s1. The highest BCUT2D eigenvalue weighted by Gasteiger charge is 2.52. The quantitative estimate of drug-likeness (QED) is 0.302. The Morgan fingerprint density at radius 1 is 1.24 bits per heavy atom. The van der Waals surface area contributed by atoms with Crippen LogP contribution in [-0.2, 0) is 23.4 Å². The molecule has 3 N–H and O–H groups in total. The maximum absolute atomic E-state index is 13.7. The Morgan fingerprint density at radius 2 is 1.89 bits per heavy atom. The molecule has 0 radical (unpaired) electrons. The van der Waals surface area contributed by atoms with Crippen molar-refractivity contribution in [3.05, 3.63) is 62.9 Å². The van der Waals surface area contributed by atoms with Crippen LogP contribution in [0.4, 0.5) is 0 Å². The van der Waals surface area contributed by atoms with Gasteiger partial charge >= 0.3 is 19.4 Å². The van der Waals surface area contributed by atoms with Crippen LogP contribution in [0.25, 0.3) is 0 Å². The topological polar surface area (TPSA) is 158 Å². The van der Waals surface area contributed by atoms with E-state index in [1.807, 2.05) is 0 Å². The van der Waals surface area contributed by atoms with E-state index in [-0.39, 0.29) is 11.9 Å². The number of nitrogens with zero attached hydrogens (tertiary/aromatic N) is 1. The fourth-order valence-corrected chi connectivity index (χ4v) is 5.36. The summed E-state index contributed by atoms with van der Waals surface area (Å²) in [5.41, 5.74) is -1.91. The van der Waals surface area contributed by atoms with Gasteiger partial charge in [-0.25, -0.2) is 9.36 Å². The second kappa shape index (κ2) is 11.3. The molecule has 0 aliphatic carbocycles. The van der Waals surface area contributed by atoms with Crippen LogP contribution in [-0.4, -0.2) is 51.6 Å². The molecular weight excluding hydrogens is 505 g/mol. The third-order valence-corrected chi connectivity index (χ3v) is 7.53. The lowest BCUT2D eigenvalue weighted by Gasteiger charge is -2.29. The zero-order chi connectivity index (χ0) is 27.5. The van der Waals surface area contributed by atoms with Crippen molar-refractivity contribution in [1.82, 2.24) is 14.6 Å². The lowest BCUT2D eigenvalue weighted by atomic mass is 9.84. The van der Waals surface area contributed by atoms with Crippen LogP contribution < -0.4 is 20.9 Å². The minimum atomic E-state index is -4.19. The summed E-state index contributed by atoms with van der Waals surface area (Å²) < 4.78 is 37.3. The average Bonchev–Trinajstić information content (AvgIpc) is 3.03. The zero-order valence-corrected chi connectivity index (χ0v) is 22.6. The van der Waals surface area contributed by atoms with Gasteiger partial charge in [-0.15, -0.1) is 0 Å². The average molecular weight is 540 g/mol. The number of carbonyl (C=O) groups excluding carboxylic acids is 1. The highest BCUT2D eigenvalue weighted by Crippen LogP contribution is 2.48. The van der Waals surface area contributed by atoms with Crippen molar-refractivity contribution in [3.8, 4) is 5.75 Å². The number of esters is 1. The lowest BCUT2D eigenvalue weighted by Crippen LogP contribution is -2.40. The SMILES string of the molecule is Cc1cn([C@@H]2O[C@H](COP(=O)(N[C@H](C)C(=O)OC(C)C)Oc3ccccc3)[C@@H](O)C2(C)C)c(=O)[nH]c1=O. The molecule has 13 heteroatoms. The molecule has 1 saturated heterocycles. The number of rotatable bonds is 10. The Balaban J connectivity index is 1.82. The number of aliphatic hydroxyl groups excluding tert-OH is 1. The molecule has 1 aromatic heterocycles. The van der Waals surface area contributed by atoms with Gasteiger partial charge in [-0.05, 0) is 39.8 Å². The molecule has 1 fully saturated rings. The Labute approximate surface area is 214 Å². The van der Waals surface area contributed by atoms with Crippen molar-refractivity contribution < 1.29 is 33.0 Å². The van der Waals surface area contributed by atoms with Crippen molar-refractivity contribution in [2.24, 2.45) is 5.41 Å². The number of aromatic nitrogens is 2. The van der Waals surface area contributed by atoms with Crippen LogP contribution in [0.1, 0.15) is 46.4 Å². The Morgan fingerprint density at radius 3 is 2.51 bits per heavy atom. The number of carbonyl (C=O) groups is 1. The first-order valence-electron chi connectivity index (χ1n) is 11.9. The fraction of sp³-hybridized carbons (Fsp3) is 0.542. The number of para-hydroxylation sites is 1. The third kappa shape index (κ3) is 6.77. The summed E-state index contributed by atoms with van der Waals surface area (Å²) in [7, 11) is -4.19. The number of hydrogen-bond donors (Lipinski definition) is 3. The van der Waals surface area contributed by atoms with Crippen LogP contribution in [0.2, 0.25) is 0 Å². The normalized spacial score (nSPS) is 23.4. The van der Waals surface area contributed by atoms with Gasteiger partial charge in [-0.3, -0.25) is 23.7 Å². The van der Waals surface area contributed by atoms with Crippen molar-refractivity contribution in [3.63, 3.8) is 0 Å². The number of hydrogen-bond acceptors (Lipinski definition) is 9. The zero-order valence-electron chi connectivity index (χ0n) is 21.7. The number of aliphatic hydroxyl groups is 1. The molecule has 0 spiro atoms. The Hall–Kier alpha value is -2.76. The van der Waals surface area contributed by atoms with E-state index < -0.39 is 61.5 Å². The molecule has 1 unspecified atom stereocenters. The first-order valence-corrected chi connectivity index (χ1v) is 13.4. The van der Waals surface area contributed by atoms with Gasteiger partial charge in [0.15, 0.2) is 0 Å². The first kappa shape index (κ1) is 28.8. The van der Waals surface area contributed by atoms with Gasteiger partial charge in [0.2, 0.25) is 0 Å². The predicted molar refractivity (Wildman–Crippen MR) is 134 cm³/mol. The molecule has 12 nitrogen and oxygen atoms in total. The van der Waals surface area contributed by atoms with Crippen molar-refractivity contribution in [1.29, 1.82) is 0 Å². The monoisotopic (exact) mass is 539 g/mol. The van der Waals surface area contributed by atoms with E-state index in [9.17, 15) is 24.1 Å². The molecule has 2 aromatic rings. The number of aromatic amines is 1. The first-order chi connectivity index (χ1) is 17.2. The second-order valence-electron chi connectivity index (χ2n) is 9.81. The van der Waals surface area contributed by atoms with Crippen LogP contribution in [0, 0.1) is 12.3 Å². The van der Waals surface area contributed by atoms with Gasteiger partial charge < -0.3 is 19.1 Å². The number of benzene rings is 1. The van der Waals surface area contributed by atoms with Crippen LogP contribution >= 0.6 is 7.75 Å². The van der Waals surface area contributed by atoms with Crippen LogP contribution in [0.5, 0.6) is 5.75 Å². The second-order valence-corrected chi connectivity index (χ2v) is 11.5. The smallest absolute Gasteiger partial charge is 0.459 e. The Kier molecular flexibility index (Phi) is 8.81. The summed E-state index contributed by atoms with van der Waals surface area (Å²) in [6.45, 7) is 9.36. The van der Waals surface area contributed by atoms with E-state index in [1.165, 1.54) is 17.7 Å². The molecular formula is C24H34N3O9P. The molecule has 2 heterocycles. The molecule has 204 valence electrons. The lowest BCUT2D eigenvalue weighted by molar-refractivity contribution is -0.149. The number of ether oxygens (including phenoxy) is 2. The highest BCUT2D eigenvalue weighted by molar-refractivity contribution is 7.52. The number of nitrogens with one attached hydrogen (secondary N) is 2. The number of aryl methyl sites for hydroxylation is 1. The van der Waals surface area contributed by atoms with Gasteiger partial charge in [-0.2, -0.15) is 5.09 Å². The van der Waals surface area contributed by atoms with E-state index in [1.54, 1.807) is 65.0 Å². The minimum Gasteiger partial charge on any atom is -0.462 e. The summed E-state index contributed by atoms with van der Waals surface area (Å²) in [6.07, 6.45) is -2.15. The summed E-state index contributed by atoms with van der Waals surface area (Å²) in [6, 6.07) is 7.20. The molecule has 0 saturated carbocycles. The van der Waals surface area contributed by atoms with Crippen molar-refractivity contribution >= 4 is 13.7 Å². The summed E-state index contributed by atoms with van der Waals surface area (Å²) in [5.74, 6) is -0.425. The van der Waals surface area contributed by atoms with Crippen LogP contribution in [0.15, 0.2) is 46.1 Å². The largest absolute Gasteiger partial charge is 0.462 e. The van der Waals surface area contributed by atoms with E-state index in [4.69, 9.17) is 18.5 Å². The number of H-pyrrole nitrogens is 1. The summed E-state index contributed by atoms with van der Waals surface area (Å²) in [5, 5.41) is 13.6. The molecule has 1 aliphatic heterocycles. The Bertz CT molecular complexity index is 1260. The van der Waals surface area contributed by atoms with Gasteiger partial charge in [0, 0.05) is 17.2 Å². The van der Waals surface area contributed by atoms with Gasteiger partial charge in [0.25, 0.3) is 5.56 Å². The van der Waals surface area contributed by atoms with Crippen LogP contribution in [0.3, 0.4) is 0 Å². The summed E-state index contributed by atoms with van der Waals surface area (Å²) in [4.78, 5) is 38.8. The molecule has 1 aromatic carbocycles. The maximum atomic E-state index is 13.7. The minimum absolute atomic E-state index is 0.226. The van der Waals surface area contributed by atoms with Crippen molar-refractivity contribution in [2.45, 2.75) is 72.1 Å². The fourth-order valence-electron chi connectivity index (χ4n) is 3.86. The molecule has 5 atom stereocenters. The summed E-state index contributed by atoms with van der Waals surface area (Å²) >= 11 is 0. The highest BCUT2D eigenvalue weighted by atomic mass is 31.2. The molecule has 37 heavy (non-hydrogen) atoms. The third-order valence-electron chi connectivity index (χ3n) is 5.89. The molecule has 3 rings (SSSR count). The molecule has 0 amide bonds. The van der Waals surface area contributed by atoms with Crippen molar-refractivity contribution in [2.75, 3.05) is 6.61 Å². The van der Waals surface area contributed by atoms with Gasteiger partial charge in [0.1, 0.15) is 24.1 Å². The predicted octanol–water partition coefficient (Wildman–Crippen LogP) is 2.26. The van der Waals surface area contributed by atoms with E-state index in [2.05, 4.69) is 10.1 Å². The van der Waals surface area contributed by atoms with E-state index in [0.29, 0.717) is 5.56 Å². The maximum Gasteiger partial charge on any atom is 0.459 e. The molecule has 0 bridgehead atoms. The molecule has 1 aliphatic rings. The van der Waals surface area contributed by atoms with E-state index >= 15 is 0 Å².